The van der Waals surface area contributed by atoms with E-state index in [2.05, 4.69) is 24.1 Å². The number of aromatic nitrogens is 1. The molecule has 0 aliphatic heterocycles. The van der Waals surface area contributed by atoms with Crippen LogP contribution in [0.2, 0.25) is 0 Å². The van der Waals surface area contributed by atoms with Gasteiger partial charge in [0.15, 0.2) is 0 Å². The van der Waals surface area contributed by atoms with Crippen molar-refractivity contribution >= 4 is 17.3 Å². The number of rotatable bonds is 5. The van der Waals surface area contributed by atoms with E-state index in [0.717, 1.165) is 6.42 Å². The Hall–Kier alpha value is -1.85. The van der Waals surface area contributed by atoms with Crippen molar-refractivity contribution in [2.24, 2.45) is 5.92 Å². The van der Waals surface area contributed by atoms with Crippen molar-refractivity contribution in [2.45, 2.75) is 33.2 Å². The largest absolute Gasteiger partial charge is 0.383 e. The second kappa shape index (κ2) is 5.47. The van der Waals surface area contributed by atoms with Gasteiger partial charge in [-0.25, -0.2) is 4.98 Å². The molecule has 2 unspecified atom stereocenters. The van der Waals surface area contributed by atoms with E-state index in [1.807, 2.05) is 6.92 Å². The van der Waals surface area contributed by atoms with Gasteiger partial charge in [0.1, 0.15) is 11.6 Å². The molecule has 0 radical (unpaired) electrons. The third kappa shape index (κ3) is 3.58. The molecule has 0 saturated heterocycles. The summed E-state index contributed by atoms with van der Waals surface area (Å²) in [5, 5.41) is 13.8. The van der Waals surface area contributed by atoms with Crippen LogP contribution in [-0.2, 0) is 0 Å². The van der Waals surface area contributed by atoms with Gasteiger partial charge in [0, 0.05) is 6.04 Å². The van der Waals surface area contributed by atoms with Crippen molar-refractivity contribution in [3.63, 3.8) is 0 Å². The molecule has 1 heterocycles. The monoisotopic (exact) mass is 238 g/mol. The molecule has 0 aliphatic carbocycles. The standard InChI is InChI=1S/C11H18N4O2/c1-4-7(2)8(3)13-11-6-9(15(16)17)5-10(12)14-11/h5-8H,4H2,1-3H3,(H3,12,13,14). The van der Waals surface area contributed by atoms with E-state index in [1.165, 1.54) is 12.1 Å². The molecule has 0 saturated carbocycles. The van der Waals surface area contributed by atoms with Gasteiger partial charge in [-0.1, -0.05) is 20.3 Å². The van der Waals surface area contributed by atoms with E-state index in [-0.39, 0.29) is 17.5 Å². The predicted molar refractivity (Wildman–Crippen MR) is 67.8 cm³/mol. The van der Waals surface area contributed by atoms with Crippen LogP contribution in [0.3, 0.4) is 0 Å². The Balaban J connectivity index is 2.87. The van der Waals surface area contributed by atoms with Gasteiger partial charge in [-0.15, -0.1) is 0 Å². The Morgan fingerprint density at radius 2 is 2.18 bits per heavy atom. The molecule has 1 rings (SSSR count). The third-order valence-electron chi connectivity index (χ3n) is 2.91. The van der Waals surface area contributed by atoms with Crippen LogP contribution in [0.25, 0.3) is 0 Å². The molecular weight excluding hydrogens is 220 g/mol. The van der Waals surface area contributed by atoms with Crippen LogP contribution in [0.4, 0.5) is 17.3 Å². The Labute approximate surface area is 100 Å². The number of nitrogens with one attached hydrogen (secondary N) is 1. The molecular formula is C11H18N4O2. The number of pyridine rings is 1. The van der Waals surface area contributed by atoms with Gasteiger partial charge >= 0.3 is 0 Å². The highest BCUT2D eigenvalue weighted by Crippen LogP contribution is 2.20. The summed E-state index contributed by atoms with van der Waals surface area (Å²) in [6.07, 6.45) is 1.03. The minimum atomic E-state index is -0.475. The van der Waals surface area contributed by atoms with Crippen molar-refractivity contribution in [1.29, 1.82) is 0 Å². The summed E-state index contributed by atoms with van der Waals surface area (Å²) in [4.78, 5) is 14.2. The lowest BCUT2D eigenvalue weighted by atomic mass is 10.0. The summed E-state index contributed by atoms with van der Waals surface area (Å²) in [5.74, 6) is 1.06. The molecule has 0 bridgehead atoms. The van der Waals surface area contributed by atoms with Crippen LogP contribution in [0.5, 0.6) is 0 Å². The molecule has 1 aromatic rings. The lowest BCUT2D eigenvalue weighted by molar-refractivity contribution is -0.384. The van der Waals surface area contributed by atoms with Crippen LogP contribution in [-0.4, -0.2) is 15.9 Å². The molecule has 2 atom stereocenters. The average molecular weight is 238 g/mol. The minimum Gasteiger partial charge on any atom is -0.383 e. The van der Waals surface area contributed by atoms with Gasteiger partial charge < -0.3 is 11.1 Å². The summed E-state index contributed by atoms with van der Waals surface area (Å²) in [7, 11) is 0. The normalized spacial score (nSPS) is 14.1. The van der Waals surface area contributed by atoms with Gasteiger partial charge in [-0.3, -0.25) is 10.1 Å². The van der Waals surface area contributed by atoms with E-state index < -0.39 is 4.92 Å². The summed E-state index contributed by atoms with van der Waals surface area (Å²) in [6.45, 7) is 6.22. The molecule has 17 heavy (non-hydrogen) atoms. The number of nitrogens with zero attached hydrogens (tertiary/aromatic N) is 2. The number of hydrogen-bond acceptors (Lipinski definition) is 5. The van der Waals surface area contributed by atoms with Crippen LogP contribution >= 0.6 is 0 Å². The fraction of sp³-hybridized carbons (Fsp3) is 0.545. The zero-order valence-electron chi connectivity index (χ0n) is 10.3. The maximum Gasteiger partial charge on any atom is 0.276 e. The highest BCUT2D eigenvalue weighted by molar-refractivity contribution is 5.53. The van der Waals surface area contributed by atoms with Crippen LogP contribution in [0, 0.1) is 16.0 Å². The molecule has 0 fully saturated rings. The van der Waals surface area contributed by atoms with Crippen molar-refractivity contribution < 1.29 is 4.92 Å². The molecule has 6 nitrogen and oxygen atoms in total. The summed E-state index contributed by atoms with van der Waals surface area (Å²) >= 11 is 0. The van der Waals surface area contributed by atoms with Crippen molar-refractivity contribution in [3.8, 4) is 0 Å². The zero-order chi connectivity index (χ0) is 13.0. The number of hydrogen-bond donors (Lipinski definition) is 2. The molecule has 0 amide bonds. The molecule has 0 spiro atoms. The smallest absolute Gasteiger partial charge is 0.276 e. The molecule has 3 N–H and O–H groups in total. The Kier molecular flexibility index (Phi) is 4.25. The first-order chi connectivity index (χ1) is 7.93. The second-order valence-corrected chi connectivity index (χ2v) is 4.21. The molecule has 94 valence electrons. The number of nitrogen functional groups attached to an aromatic ring is 1. The van der Waals surface area contributed by atoms with Gasteiger partial charge in [0.05, 0.1) is 17.1 Å². The topological polar surface area (TPSA) is 94.1 Å². The number of nitro groups is 1. The Bertz CT molecular complexity index is 408. The second-order valence-electron chi connectivity index (χ2n) is 4.21. The molecule has 1 aromatic heterocycles. The first-order valence-corrected chi connectivity index (χ1v) is 5.62. The van der Waals surface area contributed by atoms with E-state index in [4.69, 9.17) is 5.73 Å². The molecule has 0 aromatic carbocycles. The van der Waals surface area contributed by atoms with Crippen molar-refractivity contribution in [2.75, 3.05) is 11.1 Å². The fourth-order valence-electron chi connectivity index (χ4n) is 1.45. The van der Waals surface area contributed by atoms with E-state index in [1.54, 1.807) is 0 Å². The van der Waals surface area contributed by atoms with Gasteiger partial charge in [0.2, 0.25) is 0 Å². The Morgan fingerprint density at radius 3 is 2.71 bits per heavy atom. The highest BCUT2D eigenvalue weighted by Gasteiger charge is 2.14. The van der Waals surface area contributed by atoms with Crippen molar-refractivity contribution in [3.05, 3.63) is 22.2 Å². The maximum atomic E-state index is 10.7. The van der Waals surface area contributed by atoms with Gasteiger partial charge in [-0.05, 0) is 12.8 Å². The quantitative estimate of drug-likeness (QED) is 0.606. The Morgan fingerprint density at radius 1 is 1.53 bits per heavy atom. The van der Waals surface area contributed by atoms with Crippen LogP contribution in [0.1, 0.15) is 27.2 Å². The molecule has 6 heteroatoms. The first-order valence-electron chi connectivity index (χ1n) is 5.62. The zero-order valence-corrected chi connectivity index (χ0v) is 10.3. The fourth-order valence-corrected chi connectivity index (χ4v) is 1.45. The summed E-state index contributed by atoms with van der Waals surface area (Å²) in [5.41, 5.74) is 5.48. The summed E-state index contributed by atoms with van der Waals surface area (Å²) < 4.78 is 0. The van der Waals surface area contributed by atoms with E-state index in [0.29, 0.717) is 11.7 Å². The van der Waals surface area contributed by atoms with Gasteiger partial charge in [-0.2, -0.15) is 0 Å². The van der Waals surface area contributed by atoms with Gasteiger partial charge in [0.25, 0.3) is 5.69 Å². The molecule has 0 aliphatic rings. The number of nitrogens with two attached hydrogens (primary N) is 1. The average Bonchev–Trinajstić information content (AvgIpc) is 2.26. The SMILES string of the molecule is CCC(C)C(C)Nc1cc([N+](=O)[O-])cc(N)n1. The highest BCUT2D eigenvalue weighted by atomic mass is 16.6. The van der Waals surface area contributed by atoms with Crippen LogP contribution in [0.15, 0.2) is 12.1 Å². The first kappa shape index (κ1) is 13.2. The third-order valence-corrected chi connectivity index (χ3v) is 2.91. The van der Waals surface area contributed by atoms with Crippen LogP contribution < -0.4 is 11.1 Å². The minimum absolute atomic E-state index is 0.0450. The van der Waals surface area contributed by atoms with Crippen molar-refractivity contribution in [1.82, 2.24) is 4.98 Å². The predicted octanol–water partition coefficient (Wildman–Crippen LogP) is 2.42. The lowest BCUT2D eigenvalue weighted by Gasteiger charge is -2.20. The van der Waals surface area contributed by atoms with E-state index in [9.17, 15) is 10.1 Å². The summed E-state index contributed by atoms with van der Waals surface area (Å²) in [6, 6.07) is 2.84. The maximum absolute atomic E-state index is 10.7. The number of anilines is 2. The van der Waals surface area contributed by atoms with E-state index >= 15 is 0 Å². The lowest BCUT2D eigenvalue weighted by Crippen LogP contribution is -2.23.